The number of methoxy groups -OCH3 is 1. The molecule has 0 amide bonds. The Bertz CT molecular complexity index is 1070. The number of ether oxygens (including phenoxy) is 2. The molecule has 2 aliphatic heterocycles. The third kappa shape index (κ3) is 2.30. The van der Waals surface area contributed by atoms with Gasteiger partial charge in [0.15, 0.2) is 5.54 Å². The molecule has 0 aromatic heterocycles. The molecule has 2 aliphatic rings. The highest BCUT2D eigenvalue weighted by molar-refractivity contribution is 5.91. The van der Waals surface area contributed by atoms with E-state index in [0.717, 1.165) is 33.2 Å². The maximum absolute atomic E-state index is 12.9. The summed E-state index contributed by atoms with van der Waals surface area (Å²) in [4.78, 5) is 12.9. The molecule has 0 saturated heterocycles. The van der Waals surface area contributed by atoms with Crippen LogP contribution in [0.1, 0.15) is 17.2 Å². The van der Waals surface area contributed by atoms with Crippen LogP contribution < -0.4 is 10.1 Å². The first-order chi connectivity index (χ1) is 13.2. The fourth-order valence-electron chi connectivity index (χ4n) is 4.23. The minimum absolute atomic E-state index is 0.0980. The van der Waals surface area contributed by atoms with Gasteiger partial charge in [-0.25, -0.2) is 4.79 Å². The molecule has 3 aromatic carbocycles. The molecule has 2 heterocycles. The maximum Gasteiger partial charge on any atom is 0.334 e. The van der Waals surface area contributed by atoms with Gasteiger partial charge in [0.1, 0.15) is 12.4 Å². The first-order valence-electron chi connectivity index (χ1n) is 9.00. The van der Waals surface area contributed by atoms with Crippen LogP contribution in [0.5, 0.6) is 5.75 Å². The average Bonchev–Trinajstić information content (AvgIpc) is 3.14. The van der Waals surface area contributed by atoms with Gasteiger partial charge in [0.2, 0.25) is 0 Å². The van der Waals surface area contributed by atoms with Gasteiger partial charge in [-0.1, -0.05) is 60.7 Å². The van der Waals surface area contributed by atoms with Gasteiger partial charge in [-0.2, -0.15) is 0 Å². The molecule has 0 fully saturated rings. The molecule has 0 bridgehead atoms. The third-order valence-electron chi connectivity index (χ3n) is 5.49. The van der Waals surface area contributed by atoms with E-state index in [4.69, 9.17) is 9.47 Å². The van der Waals surface area contributed by atoms with Gasteiger partial charge in [0.25, 0.3) is 0 Å². The zero-order valence-corrected chi connectivity index (χ0v) is 14.9. The van der Waals surface area contributed by atoms with Crippen LogP contribution in [0, 0.1) is 0 Å². The van der Waals surface area contributed by atoms with Crippen molar-refractivity contribution in [3.63, 3.8) is 0 Å². The Hall–Kier alpha value is -3.11. The minimum Gasteiger partial charge on any atom is -0.489 e. The molecule has 134 valence electrons. The van der Waals surface area contributed by atoms with Crippen molar-refractivity contribution in [1.29, 1.82) is 0 Å². The summed E-state index contributed by atoms with van der Waals surface area (Å²) in [6.45, 7) is 0.453. The highest BCUT2D eigenvalue weighted by atomic mass is 16.5. The molecular formula is C23H19NO3. The first kappa shape index (κ1) is 16.1. The van der Waals surface area contributed by atoms with Crippen molar-refractivity contribution in [3.8, 4) is 5.75 Å². The molecule has 4 nitrogen and oxygen atoms in total. The molecule has 0 saturated carbocycles. The van der Waals surface area contributed by atoms with E-state index in [1.54, 1.807) is 0 Å². The number of fused-ring (bicyclic) bond motifs is 5. The normalized spacial score (nSPS) is 23.1. The van der Waals surface area contributed by atoms with Crippen LogP contribution >= 0.6 is 0 Å². The lowest BCUT2D eigenvalue weighted by Crippen LogP contribution is -2.46. The molecule has 1 N–H and O–H groups in total. The van der Waals surface area contributed by atoms with Crippen molar-refractivity contribution in [2.75, 3.05) is 13.7 Å². The second kappa shape index (κ2) is 5.96. The summed E-state index contributed by atoms with van der Waals surface area (Å²) >= 11 is 0. The van der Waals surface area contributed by atoms with Gasteiger partial charge in [-0.05, 0) is 34.1 Å². The first-order valence-corrected chi connectivity index (χ1v) is 9.00. The smallest absolute Gasteiger partial charge is 0.334 e. The van der Waals surface area contributed by atoms with Crippen LogP contribution in [-0.2, 0) is 15.1 Å². The van der Waals surface area contributed by atoms with Crippen molar-refractivity contribution in [1.82, 2.24) is 5.32 Å². The van der Waals surface area contributed by atoms with Crippen molar-refractivity contribution < 1.29 is 14.3 Å². The Morgan fingerprint density at radius 2 is 1.85 bits per heavy atom. The largest absolute Gasteiger partial charge is 0.489 e. The van der Waals surface area contributed by atoms with Crippen LogP contribution in [0.3, 0.4) is 0 Å². The maximum atomic E-state index is 12.9. The van der Waals surface area contributed by atoms with E-state index in [-0.39, 0.29) is 12.0 Å². The van der Waals surface area contributed by atoms with E-state index >= 15 is 0 Å². The van der Waals surface area contributed by atoms with Gasteiger partial charge in [0, 0.05) is 5.56 Å². The molecule has 4 heteroatoms. The zero-order valence-electron chi connectivity index (χ0n) is 14.9. The Balaban J connectivity index is 1.70. The number of carbonyl (C=O) groups is 1. The number of carbonyl (C=O) groups excluding carboxylic acids is 1. The van der Waals surface area contributed by atoms with E-state index in [0.29, 0.717) is 6.61 Å². The predicted molar refractivity (Wildman–Crippen MR) is 104 cm³/mol. The number of hydrogen-bond acceptors (Lipinski definition) is 4. The number of rotatable bonds is 2. The van der Waals surface area contributed by atoms with E-state index in [1.165, 1.54) is 7.11 Å². The van der Waals surface area contributed by atoms with Crippen LogP contribution in [0.2, 0.25) is 0 Å². The second-order valence-corrected chi connectivity index (χ2v) is 6.95. The van der Waals surface area contributed by atoms with E-state index < -0.39 is 5.54 Å². The molecule has 3 aromatic rings. The van der Waals surface area contributed by atoms with E-state index in [2.05, 4.69) is 23.5 Å². The lowest BCUT2D eigenvalue weighted by atomic mass is 9.90. The van der Waals surface area contributed by atoms with Gasteiger partial charge in [-0.3, -0.25) is 5.32 Å². The molecule has 27 heavy (non-hydrogen) atoms. The summed E-state index contributed by atoms with van der Waals surface area (Å²) in [5, 5.41) is 5.86. The molecule has 0 aliphatic carbocycles. The highest BCUT2D eigenvalue weighted by Crippen LogP contribution is 2.47. The van der Waals surface area contributed by atoms with Gasteiger partial charge in [-0.15, -0.1) is 0 Å². The van der Waals surface area contributed by atoms with Crippen molar-refractivity contribution in [2.24, 2.45) is 0 Å². The lowest BCUT2D eigenvalue weighted by Gasteiger charge is -2.31. The Morgan fingerprint density at radius 3 is 2.67 bits per heavy atom. The zero-order chi connectivity index (χ0) is 18.4. The lowest BCUT2D eigenvalue weighted by molar-refractivity contribution is -0.146. The minimum atomic E-state index is -1.02. The topological polar surface area (TPSA) is 47.6 Å². The number of hydrogen-bond donors (Lipinski definition) is 1. The molecule has 0 spiro atoms. The van der Waals surface area contributed by atoms with Gasteiger partial charge >= 0.3 is 5.97 Å². The molecule has 0 radical (unpaired) electrons. The van der Waals surface area contributed by atoms with E-state index in [9.17, 15) is 4.79 Å². The summed E-state index contributed by atoms with van der Waals surface area (Å²) in [6.07, 6.45) is 1.98. The summed E-state index contributed by atoms with van der Waals surface area (Å²) in [5.74, 6) is 0.537. The summed E-state index contributed by atoms with van der Waals surface area (Å²) in [6, 6.07) is 21.9. The second-order valence-electron chi connectivity index (χ2n) is 6.95. The Labute approximate surface area is 157 Å². The van der Waals surface area contributed by atoms with Crippen molar-refractivity contribution >= 4 is 16.7 Å². The fraction of sp³-hybridized carbons (Fsp3) is 0.174. The third-order valence-corrected chi connectivity index (χ3v) is 5.49. The van der Waals surface area contributed by atoms with Gasteiger partial charge < -0.3 is 9.47 Å². The number of nitrogens with one attached hydrogen (secondary N) is 1. The van der Waals surface area contributed by atoms with Crippen LogP contribution in [0.25, 0.3) is 10.8 Å². The SMILES string of the molecule is COC(=O)[C@]1(c2ccccc2)C=C2COc3ccc4ccccc4c3[C@@H]2N1. The fourth-order valence-corrected chi connectivity index (χ4v) is 4.23. The van der Waals surface area contributed by atoms with Gasteiger partial charge in [0.05, 0.1) is 13.2 Å². The van der Waals surface area contributed by atoms with Crippen LogP contribution in [-0.4, -0.2) is 19.7 Å². The quantitative estimate of drug-likeness (QED) is 0.559. The summed E-state index contributed by atoms with van der Waals surface area (Å²) < 4.78 is 11.2. The molecule has 0 unspecified atom stereocenters. The standard InChI is InChI=1S/C23H19NO3/c1-26-22(25)23(17-8-3-2-4-9-17)13-16-14-27-19-12-11-15-7-5-6-10-18(15)20(19)21(16)24-23/h2-13,21,24H,14H2,1H3/t21-,23-/m1/s1. The summed E-state index contributed by atoms with van der Waals surface area (Å²) in [7, 11) is 1.43. The van der Waals surface area contributed by atoms with Crippen molar-refractivity contribution in [2.45, 2.75) is 11.6 Å². The monoisotopic (exact) mass is 357 g/mol. The number of benzene rings is 3. The molecule has 2 atom stereocenters. The Morgan fingerprint density at radius 1 is 1.07 bits per heavy atom. The predicted octanol–water partition coefficient (Wildman–Crippen LogP) is 3.87. The molecular weight excluding hydrogens is 338 g/mol. The summed E-state index contributed by atoms with van der Waals surface area (Å²) in [5.41, 5.74) is 1.97. The van der Waals surface area contributed by atoms with Crippen LogP contribution in [0.4, 0.5) is 0 Å². The van der Waals surface area contributed by atoms with E-state index in [1.807, 2.05) is 54.6 Å². The van der Waals surface area contributed by atoms with Crippen LogP contribution in [0.15, 0.2) is 78.4 Å². The number of esters is 1. The average molecular weight is 357 g/mol. The molecule has 5 rings (SSSR count). The Kier molecular flexibility index (Phi) is 3.55. The van der Waals surface area contributed by atoms with Crippen molar-refractivity contribution in [3.05, 3.63) is 89.5 Å². The highest BCUT2D eigenvalue weighted by Gasteiger charge is 2.49.